The van der Waals surface area contributed by atoms with Crippen LogP contribution < -0.4 is 5.73 Å². The fourth-order valence-electron chi connectivity index (χ4n) is 2.89. The summed E-state index contributed by atoms with van der Waals surface area (Å²) in [5, 5.41) is 0. The second-order valence-electron chi connectivity index (χ2n) is 6.72. The molecule has 1 aliphatic carbocycles. The number of allylic oxidation sites excluding steroid dienone is 9. The molecular formula is C20H31N. The summed E-state index contributed by atoms with van der Waals surface area (Å²) in [5.41, 5.74) is 11.3. The molecule has 0 fully saturated rings. The van der Waals surface area contributed by atoms with E-state index >= 15 is 0 Å². The van der Waals surface area contributed by atoms with Crippen molar-refractivity contribution >= 4 is 0 Å². The number of hydrogen-bond donors (Lipinski definition) is 1. The molecule has 1 rings (SSSR count). The van der Waals surface area contributed by atoms with Gasteiger partial charge in [-0.1, -0.05) is 67.0 Å². The van der Waals surface area contributed by atoms with Gasteiger partial charge in [0.25, 0.3) is 0 Å². The lowest BCUT2D eigenvalue weighted by Crippen LogP contribution is -2.19. The second-order valence-corrected chi connectivity index (χ2v) is 6.72. The van der Waals surface area contributed by atoms with Crippen molar-refractivity contribution in [1.29, 1.82) is 0 Å². The second kappa shape index (κ2) is 8.19. The van der Waals surface area contributed by atoms with Crippen LogP contribution in [0.15, 0.2) is 58.7 Å². The molecule has 0 aromatic heterocycles. The van der Waals surface area contributed by atoms with Gasteiger partial charge in [-0.05, 0) is 51.0 Å². The van der Waals surface area contributed by atoms with Crippen LogP contribution in [0.4, 0.5) is 0 Å². The van der Waals surface area contributed by atoms with Crippen molar-refractivity contribution in [3.8, 4) is 0 Å². The lowest BCUT2D eigenvalue weighted by atomic mass is 9.72. The lowest BCUT2D eigenvalue weighted by molar-refractivity contribution is 0.377. The summed E-state index contributed by atoms with van der Waals surface area (Å²) in [6.45, 7) is 11.8. The summed E-state index contributed by atoms with van der Waals surface area (Å²) in [4.78, 5) is 0. The Labute approximate surface area is 131 Å². The molecule has 2 N–H and O–H groups in total. The molecule has 0 radical (unpaired) electrons. The summed E-state index contributed by atoms with van der Waals surface area (Å²) in [5.74, 6) is 0. The van der Waals surface area contributed by atoms with Crippen molar-refractivity contribution in [1.82, 2.24) is 0 Å². The van der Waals surface area contributed by atoms with E-state index in [1.807, 2.05) is 6.08 Å². The quantitative estimate of drug-likeness (QED) is 0.665. The van der Waals surface area contributed by atoms with Gasteiger partial charge in [-0.15, -0.1) is 0 Å². The molecule has 0 atom stereocenters. The molecule has 1 heteroatoms. The Hall–Kier alpha value is -1.34. The highest BCUT2D eigenvalue weighted by atomic mass is 14.5. The lowest BCUT2D eigenvalue weighted by Gasteiger charge is -2.32. The molecule has 1 aliphatic rings. The van der Waals surface area contributed by atoms with E-state index in [2.05, 4.69) is 65.0 Å². The summed E-state index contributed by atoms with van der Waals surface area (Å²) >= 11 is 0. The van der Waals surface area contributed by atoms with E-state index in [9.17, 15) is 0 Å². The zero-order valence-corrected chi connectivity index (χ0v) is 14.4. The fraction of sp³-hybridized carbons (Fsp3) is 0.500. The van der Waals surface area contributed by atoms with Crippen LogP contribution in [0.1, 0.15) is 53.9 Å². The van der Waals surface area contributed by atoms with Crippen LogP contribution >= 0.6 is 0 Å². The highest BCUT2D eigenvalue weighted by molar-refractivity contribution is 5.37. The van der Waals surface area contributed by atoms with Crippen LogP contribution in [0, 0.1) is 5.41 Å². The van der Waals surface area contributed by atoms with E-state index in [-0.39, 0.29) is 0 Å². The van der Waals surface area contributed by atoms with E-state index in [0.717, 1.165) is 0 Å². The summed E-state index contributed by atoms with van der Waals surface area (Å²) in [7, 11) is 0. The van der Waals surface area contributed by atoms with E-state index in [1.54, 1.807) is 5.57 Å². The van der Waals surface area contributed by atoms with Crippen LogP contribution in [-0.2, 0) is 0 Å². The molecule has 1 nitrogen and oxygen atoms in total. The third kappa shape index (κ3) is 5.89. The third-order valence-electron chi connectivity index (χ3n) is 4.21. The molecule has 0 aromatic rings. The molecule has 0 aliphatic heterocycles. The molecule has 0 spiro atoms. The maximum Gasteiger partial charge on any atom is 0.0112 e. The SMILES string of the molecule is CC(C=CC1=C(C)CCCC1(C)C)=CC=CC(C)=CCN. The molecule has 0 heterocycles. The van der Waals surface area contributed by atoms with E-state index in [0.29, 0.717) is 12.0 Å². The molecule has 0 bridgehead atoms. The minimum Gasteiger partial charge on any atom is -0.327 e. The Kier molecular flexibility index (Phi) is 6.91. The number of nitrogens with two attached hydrogens (primary N) is 1. The Morgan fingerprint density at radius 1 is 1.19 bits per heavy atom. The van der Waals surface area contributed by atoms with Crippen LogP contribution in [0.2, 0.25) is 0 Å². The van der Waals surface area contributed by atoms with Gasteiger partial charge in [0.05, 0.1) is 0 Å². The first-order valence-corrected chi connectivity index (χ1v) is 7.97. The van der Waals surface area contributed by atoms with E-state index in [1.165, 1.54) is 36.0 Å². The Morgan fingerprint density at radius 3 is 2.52 bits per heavy atom. The van der Waals surface area contributed by atoms with Gasteiger partial charge in [0.1, 0.15) is 0 Å². The minimum absolute atomic E-state index is 0.315. The van der Waals surface area contributed by atoms with Crippen molar-refractivity contribution < 1.29 is 0 Å². The van der Waals surface area contributed by atoms with E-state index < -0.39 is 0 Å². The van der Waals surface area contributed by atoms with Crippen LogP contribution in [0.25, 0.3) is 0 Å². The average molecular weight is 285 g/mol. The summed E-state index contributed by atoms with van der Waals surface area (Å²) in [6.07, 6.45) is 16.8. The van der Waals surface area contributed by atoms with Crippen LogP contribution in [0.3, 0.4) is 0 Å². The first-order valence-electron chi connectivity index (χ1n) is 7.97. The van der Waals surface area contributed by atoms with Gasteiger partial charge in [0.2, 0.25) is 0 Å². The predicted molar refractivity (Wildman–Crippen MR) is 95.2 cm³/mol. The maximum atomic E-state index is 5.49. The standard InChI is InChI=1S/C20H31N/c1-16(8-6-9-17(2)13-15-21)11-12-19-18(3)10-7-14-20(19,4)5/h6,8-9,11-13H,7,10,14-15,21H2,1-5H3. The van der Waals surface area contributed by atoms with Gasteiger partial charge >= 0.3 is 0 Å². The monoisotopic (exact) mass is 285 g/mol. The van der Waals surface area contributed by atoms with Gasteiger partial charge in [-0.3, -0.25) is 0 Å². The van der Waals surface area contributed by atoms with E-state index in [4.69, 9.17) is 5.73 Å². The first kappa shape index (κ1) is 17.7. The maximum absolute atomic E-state index is 5.49. The Balaban J connectivity index is 2.78. The summed E-state index contributed by atoms with van der Waals surface area (Å²) in [6, 6.07) is 0. The van der Waals surface area contributed by atoms with Crippen molar-refractivity contribution in [2.24, 2.45) is 11.1 Å². The van der Waals surface area contributed by atoms with Crippen molar-refractivity contribution in [2.75, 3.05) is 6.54 Å². The molecular weight excluding hydrogens is 254 g/mol. The fourth-order valence-corrected chi connectivity index (χ4v) is 2.89. The third-order valence-corrected chi connectivity index (χ3v) is 4.21. The van der Waals surface area contributed by atoms with Crippen LogP contribution in [-0.4, -0.2) is 6.54 Å². The largest absolute Gasteiger partial charge is 0.327 e. The number of hydrogen-bond acceptors (Lipinski definition) is 1. The predicted octanol–water partition coefficient (Wildman–Crippen LogP) is 5.48. The van der Waals surface area contributed by atoms with Crippen LogP contribution in [0.5, 0.6) is 0 Å². The van der Waals surface area contributed by atoms with Crippen molar-refractivity contribution in [2.45, 2.75) is 53.9 Å². The van der Waals surface area contributed by atoms with Gasteiger partial charge in [-0.25, -0.2) is 0 Å². The van der Waals surface area contributed by atoms with Crippen molar-refractivity contribution in [3.05, 3.63) is 58.7 Å². The van der Waals surface area contributed by atoms with Gasteiger partial charge < -0.3 is 5.73 Å². The smallest absolute Gasteiger partial charge is 0.0112 e. The molecule has 0 amide bonds. The molecule has 0 saturated heterocycles. The Morgan fingerprint density at radius 2 is 1.90 bits per heavy atom. The minimum atomic E-state index is 0.315. The average Bonchev–Trinajstić information content (AvgIpc) is 2.37. The molecule has 0 saturated carbocycles. The first-order chi connectivity index (χ1) is 9.86. The zero-order chi connectivity index (χ0) is 15.9. The molecule has 0 unspecified atom stereocenters. The normalized spacial score (nSPS) is 20.9. The molecule has 116 valence electrons. The highest BCUT2D eigenvalue weighted by Crippen LogP contribution is 2.40. The van der Waals surface area contributed by atoms with Gasteiger partial charge in [0, 0.05) is 6.54 Å². The van der Waals surface area contributed by atoms with Crippen molar-refractivity contribution in [3.63, 3.8) is 0 Å². The highest BCUT2D eigenvalue weighted by Gasteiger charge is 2.26. The number of rotatable bonds is 5. The van der Waals surface area contributed by atoms with Gasteiger partial charge in [-0.2, -0.15) is 0 Å². The van der Waals surface area contributed by atoms with Gasteiger partial charge in [0.15, 0.2) is 0 Å². The topological polar surface area (TPSA) is 26.0 Å². The summed E-state index contributed by atoms with van der Waals surface area (Å²) < 4.78 is 0. The molecule has 21 heavy (non-hydrogen) atoms. The Bertz CT molecular complexity index is 496. The zero-order valence-electron chi connectivity index (χ0n) is 14.4. The molecule has 0 aromatic carbocycles.